The molecule has 3 N–H and O–H groups in total. The summed E-state index contributed by atoms with van der Waals surface area (Å²) in [6, 6.07) is -0.414. The highest BCUT2D eigenvalue weighted by Gasteiger charge is 1.95. The number of urea groups is 1. The van der Waals surface area contributed by atoms with Crippen LogP contribution in [-0.2, 0) is 0 Å². The molecule has 0 bridgehead atoms. The zero-order valence-electron chi connectivity index (χ0n) is 16.8. The van der Waals surface area contributed by atoms with Crippen LogP contribution in [0.15, 0.2) is 0 Å². The number of nitrogens with two attached hydrogens (primary N) is 1. The summed E-state index contributed by atoms with van der Waals surface area (Å²) in [6.07, 6.45) is 22.7. The van der Waals surface area contributed by atoms with Crippen molar-refractivity contribution < 1.29 is 4.79 Å². The van der Waals surface area contributed by atoms with Crippen molar-refractivity contribution in [2.24, 2.45) is 5.73 Å². The van der Waals surface area contributed by atoms with Crippen molar-refractivity contribution in [2.45, 2.75) is 110 Å². The van der Waals surface area contributed by atoms with E-state index in [4.69, 9.17) is 5.73 Å². The second kappa shape index (κ2) is 21.7. The number of amides is 2. The van der Waals surface area contributed by atoms with Crippen molar-refractivity contribution in [1.82, 2.24) is 5.32 Å². The minimum absolute atomic E-state index is 0.414. The van der Waals surface area contributed by atoms with Crippen LogP contribution in [-0.4, -0.2) is 24.1 Å². The van der Waals surface area contributed by atoms with Crippen LogP contribution in [0.4, 0.5) is 4.79 Å². The van der Waals surface area contributed by atoms with E-state index in [1.807, 2.05) is 11.8 Å². The Labute approximate surface area is 161 Å². The van der Waals surface area contributed by atoms with Gasteiger partial charge in [-0.2, -0.15) is 11.8 Å². The smallest absolute Gasteiger partial charge is 0.312 e. The molecule has 3 nitrogen and oxygen atoms in total. The number of primary amides is 1. The van der Waals surface area contributed by atoms with Gasteiger partial charge in [0.15, 0.2) is 0 Å². The van der Waals surface area contributed by atoms with E-state index >= 15 is 0 Å². The fourth-order valence-corrected chi connectivity index (χ4v) is 3.96. The Kier molecular flexibility index (Phi) is 21.3. The van der Waals surface area contributed by atoms with Gasteiger partial charge in [-0.1, -0.05) is 103 Å². The van der Waals surface area contributed by atoms with Crippen LogP contribution < -0.4 is 11.1 Å². The Morgan fingerprint density at radius 1 is 0.680 bits per heavy atom. The molecule has 0 heterocycles. The second-order valence-electron chi connectivity index (χ2n) is 7.21. The molecule has 25 heavy (non-hydrogen) atoms. The van der Waals surface area contributed by atoms with Crippen LogP contribution in [0.25, 0.3) is 0 Å². The normalized spacial score (nSPS) is 10.9. The third kappa shape index (κ3) is 23.6. The molecule has 0 fully saturated rings. The highest BCUT2D eigenvalue weighted by molar-refractivity contribution is 7.99. The van der Waals surface area contributed by atoms with Crippen molar-refractivity contribution in [3.63, 3.8) is 0 Å². The van der Waals surface area contributed by atoms with E-state index in [9.17, 15) is 4.79 Å². The molecule has 0 radical (unpaired) electrons. The maximum absolute atomic E-state index is 10.5. The van der Waals surface area contributed by atoms with Gasteiger partial charge in [0.25, 0.3) is 0 Å². The molecule has 0 unspecified atom stereocenters. The lowest BCUT2D eigenvalue weighted by Crippen LogP contribution is -2.31. The summed E-state index contributed by atoms with van der Waals surface area (Å²) in [5.41, 5.74) is 5.01. The number of hydrogen-bond donors (Lipinski definition) is 2. The fourth-order valence-electron chi connectivity index (χ4n) is 3.10. The van der Waals surface area contributed by atoms with Crippen LogP contribution >= 0.6 is 11.8 Å². The number of nitrogens with one attached hydrogen (secondary N) is 1. The van der Waals surface area contributed by atoms with Crippen molar-refractivity contribution >= 4 is 17.8 Å². The molecule has 0 aliphatic heterocycles. The standard InChI is InChI=1S/C21H44N2OS/c1-2-3-4-5-6-7-8-9-10-11-12-13-14-15-16-17-19-25-20-18-23-21(22)24/h2-20H2,1H3,(H3,22,23,24). The fraction of sp³-hybridized carbons (Fsp3) is 0.952. The molecule has 0 saturated carbocycles. The molecule has 0 aromatic heterocycles. The van der Waals surface area contributed by atoms with Gasteiger partial charge in [-0.3, -0.25) is 0 Å². The highest BCUT2D eigenvalue weighted by Crippen LogP contribution is 2.14. The van der Waals surface area contributed by atoms with Crippen LogP contribution in [0, 0.1) is 0 Å². The summed E-state index contributed by atoms with van der Waals surface area (Å²) >= 11 is 1.91. The molecular formula is C21H44N2OS. The van der Waals surface area contributed by atoms with E-state index in [-0.39, 0.29) is 0 Å². The minimum atomic E-state index is -0.414. The van der Waals surface area contributed by atoms with E-state index in [1.165, 1.54) is 108 Å². The number of carbonyl (C=O) groups excluding carboxylic acids is 1. The van der Waals surface area contributed by atoms with E-state index in [2.05, 4.69) is 12.2 Å². The van der Waals surface area contributed by atoms with Crippen LogP contribution in [0.5, 0.6) is 0 Å². The van der Waals surface area contributed by atoms with E-state index < -0.39 is 6.03 Å². The SMILES string of the molecule is CCCCCCCCCCCCCCCCCCSCCNC(N)=O. The van der Waals surface area contributed by atoms with Gasteiger partial charge in [-0.15, -0.1) is 0 Å². The number of carbonyl (C=O) groups is 1. The lowest BCUT2D eigenvalue weighted by Gasteiger charge is -2.04. The molecule has 0 aromatic carbocycles. The summed E-state index contributed by atoms with van der Waals surface area (Å²) in [6.45, 7) is 2.98. The average molecular weight is 373 g/mol. The van der Waals surface area contributed by atoms with Crippen LogP contribution in [0.2, 0.25) is 0 Å². The number of thioether (sulfide) groups is 1. The first-order valence-electron chi connectivity index (χ1n) is 10.9. The van der Waals surface area contributed by atoms with Gasteiger partial charge in [0.2, 0.25) is 0 Å². The van der Waals surface area contributed by atoms with Gasteiger partial charge in [0.1, 0.15) is 0 Å². The maximum atomic E-state index is 10.5. The highest BCUT2D eigenvalue weighted by atomic mass is 32.2. The predicted molar refractivity (Wildman–Crippen MR) is 114 cm³/mol. The Hall–Kier alpha value is -0.380. The molecule has 0 saturated heterocycles. The first-order chi connectivity index (χ1) is 12.3. The first-order valence-corrected chi connectivity index (χ1v) is 12.0. The lowest BCUT2D eigenvalue weighted by molar-refractivity contribution is 0.249. The van der Waals surface area contributed by atoms with E-state index in [0.717, 1.165) is 5.75 Å². The quantitative estimate of drug-likeness (QED) is 0.235. The first kappa shape index (κ1) is 24.6. The van der Waals surface area contributed by atoms with Crippen molar-refractivity contribution in [3.8, 4) is 0 Å². The van der Waals surface area contributed by atoms with Crippen molar-refractivity contribution in [2.75, 3.05) is 18.1 Å². The minimum Gasteiger partial charge on any atom is -0.352 e. The molecule has 0 atom stereocenters. The summed E-state index contributed by atoms with van der Waals surface area (Å²) in [5, 5.41) is 2.62. The number of unbranched alkanes of at least 4 members (excludes halogenated alkanes) is 15. The summed E-state index contributed by atoms with van der Waals surface area (Å²) in [4.78, 5) is 10.5. The summed E-state index contributed by atoms with van der Waals surface area (Å²) < 4.78 is 0. The van der Waals surface area contributed by atoms with Gasteiger partial charge in [-0.25, -0.2) is 4.79 Å². The van der Waals surface area contributed by atoms with Gasteiger partial charge in [-0.05, 0) is 12.2 Å². The topological polar surface area (TPSA) is 55.1 Å². The third-order valence-electron chi connectivity index (χ3n) is 4.69. The van der Waals surface area contributed by atoms with Gasteiger partial charge in [0, 0.05) is 12.3 Å². The largest absolute Gasteiger partial charge is 0.352 e. The monoisotopic (exact) mass is 372 g/mol. The molecule has 4 heteroatoms. The third-order valence-corrected chi connectivity index (χ3v) is 5.76. The molecule has 0 rings (SSSR count). The van der Waals surface area contributed by atoms with Crippen molar-refractivity contribution in [3.05, 3.63) is 0 Å². The molecular weight excluding hydrogens is 328 g/mol. The predicted octanol–water partition coefficient (Wildman–Crippen LogP) is 6.65. The molecule has 0 aliphatic carbocycles. The molecule has 2 amide bonds. The Balaban J connectivity index is 2.97. The summed E-state index contributed by atoms with van der Waals surface area (Å²) in [5.74, 6) is 2.18. The Morgan fingerprint density at radius 3 is 1.48 bits per heavy atom. The molecule has 0 aliphatic rings. The van der Waals surface area contributed by atoms with Crippen LogP contribution in [0.3, 0.4) is 0 Å². The number of hydrogen-bond acceptors (Lipinski definition) is 2. The maximum Gasteiger partial charge on any atom is 0.312 e. The molecule has 0 aromatic rings. The second-order valence-corrected chi connectivity index (χ2v) is 8.43. The van der Waals surface area contributed by atoms with E-state index in [1.54, 1.807) is 0 Å². The summed E-state index contributed by atoms with van der Waals surface area (Å²) in [7, 11) is 0. The molecule has 150 valence electrons. The van der Waals surface area contributed by atoms with E-state index in [0.29, 0.717) is 6.54 Å². The lowest BCUT2D eigenvalue weighted by atomic mass is 10.0. The van der Waals surface area contributed by atoms with Crippen molar-refractivity contribution in [1.29, 1.82) is 0 Å². The number of rotatable bonds is 20. The zero-order valence-corrected chi connectivity index (χ0v) is 17.6. The van der Waals surface area contributed by atoms with Gasteiger partial charge < -0.3 is 11.1 Å². The van der Waals surface area contributed by atoms with Crippen LogP contribution in [0.1, 0.15) is 110 Å². The zero-order chi connectivity index (χ0) is 18.4. The average Bonchev–Trinajstić information content (AvgIpc) is 2.60. The molecule has 0 spiro atoms. The van der Waals surface area contributed by atoms with Gasteiger partial charge in [0.05, 0.1) is 0 Å². The Morgan fingerprint density at radius 2 is 1.08 bits per heavy atom. The van der Waals surface area contributed by atoms with Gasteiger partial charge >= 0.3 is 6.03 Å². The Bertz CT molecular complexity index is 275.